The van der Waals surface area contributed by atoms with Gasteiger partial charge in [-0.25, -0.2) is 0 Å². The van der Waals surface area contributed by atoms with Gasteiger partial charge in [-0.3, -0.25) is 0 Å². The highest BCUT2D eigenvalue weighted by atomic mass is 14.3. The molecular formula is C9H18. The molecule has 0 aromatic heterocycles. The summed E-state index contributed by atoms with van der Waals surface area (Å²) in [5.41, 5.74) is 0.580. The Hall–Kier alpha value is 0. The lowest BCUT2D eigenvalue weighted by Gasteiger charge is -2.26. The molecule has 0 aliphatic heterocycles. The van der Waals surface area contributed by atoms with Gasteiger partial charge in [-0.15, -0.1) is 0 Å². The highest BCUT2D eigenvalue weighted by Gasteiger charge is 2.26. The van der Waals surface area contributed by atoms with Crippen LogP contribution in [0.4, 0.5) is 0 Å². The Morgan fingerprint density at radius 3 is 1.67 bits per heavy atom. The quantitative estimate of drug-likeness (QED) is 0.467. The van der Waals surface area contributed by atoms with E-state index in [1.807, 2.05) is 0 Å². The molecule has 1 aliphatic carbocycles. The minimum Gasteiger partial charge on any atom is -0.0599 e. The van der Waals surface area contributed by atoms with Crippen LogP contribution in [0.5, 0.6) is 0 Å². The van der Waals surface area contributed by atoms with Crippen molar-refractivity contribution in [3.63, 3.8) is 0 Å². The lowest BCUT2D eigenvalue weighted by atomic mass is 9.80. The van der Waals surface area contributed by atoms with Crippen LogP contribution in [0.25, 0.3) is 0 Å². The van der Waals surface area contributed by atoms with Crippen molar-refractivity contribution in [1.29, 1.82) is 0 Å². The van der Waals surface area contributed by atoms with Crippen LogP contribution >= 0.6 is 0 Å². The maximum atomic E-state index is 2.36. The van der Waals surface area contributed by atoms with Crippen molar-refractivity contribution in [3.8, 4) is 0 Å². The number of hydrogen-bond donors (Lipinski definition) is 0. The monoisotopic (exact) mass is 126 g/mol. The zero-order valence-corrected chi connectivity index (χ0v) is 6.91. The molecule has 0 radical (unpaired) electrons. The minimum absolute atomic E-state index is 0.580. The molecule has 1 saturated carbocycles. The summed E-state index contributed by atoms with van der Waals surface area (Å²) in [5, 5.41) is 0. The van der Waals surface area contributed by atoms with E-state index in [0.717, 1.165) is 5.92 Å². The van der Waals surface area contributed by atoms with Crippen molar-refractivity contribution < 1.29 is 0 Å². The van der Waals surface area contributed by atoms with Gasteiger partial charge in [0.2, 0.25) is 0 Å². The Bertz CT molecular complexity index is 80.7. The van der Waals surface area contributed by atoms with Crippen molar-refractivity contribution in [2.75, 3.05) is 0 Å². The summed E-state index contributed by atoms with van der Waals surface area (Å²) in [7, 11) is 0. The van der Waals surface area contributed by atoms with E-state index in [0.29, 0.717) is 5.41 Å². The normalized spacial score (nSPS) is 23.0. The van der Waals surface area contributed by atoms with Crippen molar-refractivity contribution >= 4 is 0 Å². The Balaban J connectivity index is 2.42. The van der Waals surface area contributed by atoms with E-state index in [1.54, 1.807) is 0 Å². The molecule has 0 bridgehead atoms. The summed E-state index contributed by atoms with van der Waals surface area (Å²) >= 11 is 0. The lowest BCUT2D eigenvalue weighted by Crippen LogP contribution is -2.16. The summed E-state index contributed by atoms with van der Waals surface area (Å²) < 4.78 is 0. The van der Waals surface area contributed by atoms with Gasteiger partial charge < -0.3 is 0 Å². The Morgan fingerprint density at radius 2 is 1.44 bits per heavy atom. The second-order valence-corrected chi connectivity index (χ2v) is 4.35. The average molecular weight is 126 g/mol. The lowest BCUT2D eigenvalue weighted by molar-refractivity contribution is 0.246. The predicted molar refractivity (Wildman–Crippen MR) is 41.4 cm³/mol. The van der Waals surface area contributed by atoms with Gasteiger partial charge in [0.05, 0.1) is 0 Å². The number of hydrogen-bond acceptors (Lipinski definition) is 0. The highest BCUT2D eigenvalue weighted by molar-refractivity contribution is 4.78. The van der Waals surface area contributed by atoms with Crippen molar-refractivity contribution in [3.05, 3.63) is 0 Å². The molecule has 0 atom stereocenters. The van der Waals surface area contributed by atoms with Gasteiger partial charge in [0, 0.05) is 0 Å². The van der Waals surface area contributed by atoms with Crippen molar-refractivity contribution in [1.82, 2.24) is 0 Å². The van der Waals surface area contributed by atoms with E-state index in [4.69, 9.17) is 0 Å². The molecule has 0 aromatic carbocycles. The van der Waals surface area contributed by atoms with Gasteiger partial charge >= 0.3 is 0 Å². The first-order valence-corrected chi connectivity index (χ1v) is 4.11. The van der Waals surface area contributed by atoms with E-state index in [1.165, 1.54) is 25.7 Å². The van der Waals surface area contributed by atoms with Gasteiger partial charge in [-0.05, 0) is 24.2 Å². The molecule has 1 aliphatic rings. The van der Waals surface area contributed by atoms with E-state index >= 15 is 0 Å². The second-order valence-electron chi connectivity index (χ2n) is 4.35. The van der Waals surface area contributed by atoms with Crippen LogP contribution in [0.1, 0.15) is 46.5 Å². The molecule has 9 heavy (non-hydrogen) atoms. The summed E-state index contributed by atoms with van der Waals surface area (Å²) in [4.78, 5) is 0. The van der Waals surface area contributed by atoms with Crippen molar-refractivity contribution in [2.24, 2.45) is 11.3 Å². The maximum absolute atomic E-state index is 2.36. The Kier molecular flexibility index (Phi) is 1.83. The molecular weight excluding hydrogens is 108 g/mol. The number of rotatable bonds is 0. The molecule has 0 spiro atoms. The molecule has 1 fully saturated rings. The predicted octanol–water partition coefficient (Wildman–Crippen LogP) is 3.22. The fourth-order valence-electron chi connectivity index (χ4n) is 1.79. The van der Waals surface area contributed by atoms with E-state index in [9.17, 15) is 0 Å². The molecule has 0 heteroatoms. The second kappa shape index (κ2) is 2.32. The van der Waals surface area contributed by atoms with Gasteiger partial charge in [-0.1, -0.05) is 33.6 Å². The maximum Gasteiger partial charge on any atom is -0.0354 e. The largest absolute Gasteiger partial charge is 0.0599 e. The third-order valence-electron chi connectivity index (χ3n) is 2.58. The van der Waals surface area contributed by atoms with E-state index in [-0.39, 0.29) is 0 Å². The van der Waals surface area contributed by atoms with Crippen molar-refractivity contribution in [2.45, 2.75) is 46.5 Å². The van der Waals surface area contributed by atoms with Crippen LogP contribution in [0.15, 0.2) is 0 Å². The standard InChI is InChI=1S/C9H18/c1-9(2,3)8-6-4-5-7-8/h8H,4-7H2,1-3H3. The zero-order chi connectivity index (χ0) is 6.91. The molecule has 0 aromatic rings. The molecule has 0 heterocycles. The van der Waals surface area contributed by atoms with Crippen LogP contribution in [0.3, 0.4) is 0 Å². The van der Waals surface area contributed by atoms with Gasteiger partial charge in [0.1, 0.15) is 0 Å². The van der Waals surface area contributed by atoms with Crippen LogP contribution in [-0.4, -0.2) is 0 Å². The first-order chi connectivity index (χ1) is 4.11. The third kappa shape index (κ3) is 1.70. The highest BCUT2D eigenvalue weighted by Crippen LogP contribution is 2.38. The molecule has 1 rings (SSSR count). The summed E-state index contributed by atoms with van der Waals surface area (Å²) in [5.74, 6) is 1.01. The molecule has 0 saturated heterocycles. The Morgan fingerprint density at radius 1 is 1.00 bits per heavy atom. The summed E-state index contributed by atoms with van der Waals surface area (Å²) in [6.07, 6.45) is 5.90. The van der Waals surface area contributed by atoms with Gasteiger partial charge in [-0.2, -0.15) is 0 Å². The van der Waals surface area contributed by atoms with Crippen LogP contribution < -0.4 is 0 Å². The van der Waals surface area contributed by atoms with Gasteiger partial charge in [0.15, 0.2) is 0 Å². The van der Waals surface area contributed by atoms with E-state index in [2.05, 4.69) is 20.8 Å². The molecule has 0 unspecified atom stereocenters. The first-order valence-electron chi connectivity index (χ1n) is 4.11. The van der Waals surface area contributed by atoms with Crippen LogP contribution in [0, 0.1) is 11.3 Å². The summed E-state index contributed by atoms with van der Waals surface area (Å²) in [6.45, 7) is 7.09. The molecule has 0 nitrogen and oxygen atoms in total. The molecule has 54 valence electrons. The fraction of sp³-hybridized carbons (Fsp3) is 1.00. The molecule has 0 N–H and O–H groups in total. The third-order valence-corrected chi connectivity index (χ3v) is 2.58. The Labute approximate surface area is 58.7 Å². The smallest absolute Gasteiger partial charge is 0.0354 e. The van der Waals surface area contributed by atoms with E-state index < -0.39 is 0 Å². The average Bonchev–Trinajstić information content (AvgIpc) is 2.08. The van der Waals surface area contributed by atoms with Gasteiger partial charge in [0.25, 0.3) is 0 Å². The van der Waals surface area contributed by atoms with Crippen LogP contribution in [0.2, 0.25) is 0 Å². The topological polar surface area (TPSA) is 0 Å². The first kappa shape index (κ1) is 7.11. The SMILES string of the molecule is CC(C)(C)C1CCCC1. The fourth-order valence-corrected chi connectivity index (χ4v) is 1.79. The summed E-state index contributed by atoms with van der Waals surface area (Å²) in [6, 6.07) is 0. The zero-order valence-electron chi connectivity index (χ0n) is 6.91. The minimum atomic E-state index is 0.580. The van der Waals surface area contributed by atoms with Crippen LogP contribution in [-0.2, 0) is 0 Å². The molecule has 0 amide bonds.